The monoisotopic (exact) mass is 275 g/mol. The number of aromatic nitrogens is 1. The number of hydrogen-bond acceptors (Lipinski definition) is 3. The van der Waals surface area contributed by atoms with Crippen molar-refractivity contribution in [2.75, 3.05) is 26.2 Å². The Morgan fingerprint density at radius 1 is 1.35 bits per heavy atom. The Hall–Kier alpha value is -1.13. The molecule has 2 heterocycles. The van der Waals surface area contributed by atoms with E-state index in [2.05, 4.69) is 17.1 Å². The summed E-state index contributed by atoms with van der Waals surface area (Å²) in [6.07, 6.45) is 5.83. The second kappa shape index (κ2) is 5.70. The maximum atomic E-state index is 11.7. The first-order valence-electron chi connectivity index (χ1n) is 7.80. The number of rotatable bonds is 4. The standard InChI is InChI=1S/C16H25N3O/c1-16(14-6-7-14)13-18(9-4-8-17-16)11-12-19-10-3-2-5-15(19)20/h2-3,5,10,14,17H,4,6-9,11-13H2,1H3. The summed E-state index contributed by atoms with van der Waals surface area (Å²) in [5, 5.41) is 3.75. The summed E-state index contributed by atoms with van der Waals surface area (Å²) in [7, 11) is 0. The fourth-order valence-electron chi connectivity index (χ4n) is 3.36. The third kappa shape index (κ3) is 3.13. The van der Waals surface area contributed by atoms with Gasteiger partial charge in [0.25, 0.3) is 5.56 Å². The maximum absolute atomic E-state index is 11.7. The van der Waals surface area contributed by atoms with E-state index in [1.54, 1.807) is 12.1 Å². The fourth-order valence-corrected chi connectivity index (χ4v) is 3.36. The van der Waals surface area contributed by atoms with Crippen LogP contribution in [0.15, 0.2) is 29.2 Å². The first-order chi connectivity index (χ1) is 9.67. The van der Waals surface area contributed by atoms with Gasteiger partial charge < -0.3 is 9.88 Å². The molecule has 1 aliphatic carbocycles. The summed E-state index contributed by atoms with van der Waals surface area (Å²) in [5.41, 5.74) is 0.378. The summed E-state index contributed by atoms with van der Waals surface area (Å²) in [4.78, 5) is 14.3. The van der Waals surface area contributed by atoms with Crippen LogP contribution in [0.25, 0.3) is 0 Å². The van der Waals surface area contributed by atoms with Crippen molar-refractivity contribution in [3.05, 3.63) is 34.7 Å². The van der Waals surface area contributed by atoms with Crippen molar-refractivity contribution in [1.29, 1.82) is 0 Å². The maximum Gasteiger partial charge on any atom is 0.250 e. The van der Waals surface area contributed by atoms with Crippen LogP contribution < -0.4 is 10.9 Å². The van der Waals surface area contributed by atoms with Crippen LogP contribution >= 0.6 is 0 Å². The lowest BCUT2D eigenvalue weighted by atomic mass is 9.95. The number of hydrogen-bond donors (Lipinski definition) is 1. The van der Waals surface area contributed by atoms with E-state index in [9.17, 15) is 4.79 Å². The van der Waals surface area contributed by atoms with E-state index in [0.29, 0.717) is 0 Å². The zero-order valence-corrected chi connectivity index (χ0v) is 12.3. The average Bonchev–Trinajstić information content (AvgIpc) is 3.26. The van der Waals surface area contributed by atoms with Crippen molar-refractivity contribution in [2.24, 2.45) is 5.92 Å². The molecular weight excluding hydrogens is 250 g/mol. The van der Waals surface area contributed by atoms with E-state index in [0.717, 1.165) is 38.6 Å². The normalized spacial score (nSPS) is 28.2. The van der Waals surface area contributed by atoms with Crippen LogP contribution in [-0.4, -0.2) is 41.2 Å². The average molecular weight is 275 g/mol. The van der Waals surface area contributed by atoms with Gasteiger partial charge in [-0.05, 0) is 51.3 Å². The van der Waals surface area contributed by atoms with Gasteiger partial charge in [-0.1, -0.05) is 6.07 Å². The molecule has 1 aromatic heterocycles. The molecule has 1 saturated heterocycles. The Morgan fingerprint density at radius 3 is 2.95 bits per heavy atom. The van der Waals surface area contributed by atoms with E-state index in [1.165, 1.54) is 19.3 Å². The van der Waals surface area contributed by atoms with Gasteiger partial charge in [0.05, 0.1) is 0 Å². The van der Waals surface area contributed by atoms with Crippen molar-refractivity contribution >= 4 is 0 Å². The highest BCUT2D eigenvalue weighted by Gasteiger charge is 2.42. The lowest BCUT2D eigenvalue weighted by molar-refractivity contribution is 0.195. The predicted octanol–water partition coefficient (Wildman–Crippen LogP) is 1.31. The Morgan fingerprint density at radius 2 is 2.20 bits per heavy atom. The van der Waals surface area contributed by atoms with Gasteiger partial charge in [0.1, 0.15) is 0 Å². The molecule has 1 aliphatic heterocycles. The molecule has 2 aliphatic rings. The second-order valence-electron chi connectivity index (χ2n) is 6.48. The zero-order chi connectivity index (χ0) is 14.0. The molecule has 1 aromatic rings. The van der Waals surface area contributed by atoms with Crippen molar-refractivity contribution < 1.29 is 0 Å². The van der Waals surface area contributed by atoms with Gasteiger partial charge in [-0.2, -0.15) is 0 Å². The molecule has 4 nitrogen and oxygen atoms in total. The predicted molar refractivity (Wildman–Crippen MR) is 80.9 cm³/mol. The molecule has 110 valence electrons. The molecule has 20 heavy (non-hydrogen) atoms. The highest BCUT2D eigenvalue weighted by molar-refractivity contribution is 5.01. The zero-order valence-electron chi connectivity index (χ0n) is 12.3. The van der Waals surface area contributed by atoms with Crippen molar-refractivity contribution in [3.8, 4) is 0 Å². The Kier molecular flexibility index (Phi) is 3.94. The minimum Gasteiger partial charge on any atom is -0.314 e. The minimum absolute atomic E-state index is 0.102. The summed E-state index contributed by atoms with van der Waals surface area (Å²) in [6, 6.07) is 5.37. The van der Waals surface area contributed by atoms with Crippen LogP contribution in [0.3, 0.4) is 0 Å². The van der Waals surface area contributed by atoms with Crippen LogP contribution in [0.2, 0.25) is 0 Å². The molecule has 2 fully saturated rings. The fraction of sp³-hybridized carbons (Fsp3) is 0.688. The van der Waals surface area contributed by atoms with Crippen LogP contribution in [-0.2, 0) is 6.54 Å². The van der Waals surface area contributed by atoms with E-state index >= 15 is 0 Å². The quantitative estimate of drug-likeness (QED) is 0.900. The Balaban J connectivity index is 1.61. The first-order valence-corrected chi connectivity index (χ1v) is 7.80. The summed E-state index contributed by atoms with van der Waals surface area (Å²) in [5.74, 6) is 0.850. The summed E-state index contributed by atoms with van der Waals surface area (Å²) in [6.45, 7) is 7.50. The van der Waals surface area contributed by atoms with Gasteiger partial charge in [0, 0.05) is 37.4 Å². The number of nitrogens with zero attached hydrogens (tertiary/aromatic N) is 2. The molecule has 0 spiro atoms. The highest BCUT2D eigenvalue weighted by atomic mass is 16.1. The molecule has 0 aromatic carbocycles. The van der Waals surface area contributed by atoms with Gasteiger partial charge >= 0.3 is 0 Å². The SMILES string of the molecule is CC1(C2CC2)CN(CCn2ccccc2=O)CCCN1. The molecule has 1 unspecified atom stereocenters. The van der Waals surface area contributed by atoms with E-state index in [1.807, 2.05) is 16.8 Å². The smallest absolute Gasteiger partial charge is 0.250 e. The Labute approximate surface area is 120 Å². The molecule has 0 bridgehead atoms. The van der Waals surface area contributed by atoms with Gasteiger partial charge in [-0.25, -0.2) is 0 Å². The third-order valence-corrected chi connectivity index (χ3v) is 4.77. The second-order valence-corrected chi connectivity index (χ2v) is 6.48. The lowest BCUT2D eigenvalue weighted by Crippen LogP contribution is -2.51. The number of nitrogens with one attached hydrogen (secondary N) is 1. The van der Waals surface area contributed by atoms with Gasteiger partial charge in [0.15, 0.2) is 0 Å². The van der Waals surface area contributed by atoms with Gasteiger partial charge in [-0.3, -0.25) is 9.69 Å². The Bertz CT molecular complexity index is 508. The van der Waals surface area contributed by atoms with Crippen LogP contribution in [0, 0.1) is 5.92 Å². The lowest BCUT2D eigenvalue weighted by Gasteiger charge is -2.34. The van der Waals surface area contributed by atoms with Crippen molar-refractivity contribution in [2.45, 2.75) is 38.3 Å². The molecule has 0 radical (unpaired) electrons. The summed E-state index contributed by atoms with van der Waals surface area (Å²) < 4.78 is 1.81. The van der Waals surface area contributed by atoms with Gasteiger partial charge in [0.2, 0.25) is 0 Å². The molecular formula is C16H25N3O. The molecule has 1 saturated carbocycles. The van der Waals surface area contributed by atoms with E-state index < -0.39 is 0 Å². The molecule has 3 rings (SSSR count). The molecule has 1 N–H and O–H groups in total. The van der Waals surface area contributed by atoms with E-state index in [4.69, 9.17) is 0 Å². The first kappa shape index (κ1) is 13.8. The van der Waals surface area contributed by atoms with Crippen LogP contribution in [0.4, 0.5) is 0 Å². The molecule has 0 amide bonds. The van der Waals surface area contributed by atoms with Crippen LogP contribution in [0.1, 0.15) is 26.2 Å². The highest BCUT2D eigenvalue weighted by Crippen LogP contribution is 2.40. The van der Waals surface area contributed by atoms with E-state index in [-0.39, 0.29) is 11.1 Å². The van der Waals surface area contributed by atoms with Crippen molar-refractivity contribution in [3.63, 3.8) is 0 Å². The minimum atomic E-state index is 0.102. The third-order valence-electron chi connectivity index (χ3n) is 4.77. The summed E-state index contributed by atoms with van der Waals surface area (Å²) >= 11 is 0. The number of pyridine rings is 1. The molecule has 1 atom stereocenters. The van der Waals surface area contributed by atoms with Crippen LogP contribution in [0.5, 0.6) is 0 Å². The largest absolute Gasteiger partial charge is 0.314 e. The topological polar surface area (TPSA) is 37.3 Å². The van der Waals surface area contributed by atoms with Crippen molar-refractivity contribution in [1.82, 2.24) is 14.8 Å². The molecule has 4 heteroatoms. The van der Waals surface area contributed by atoms with Gasteiger partial charge in [-0.15, -0.1) is 0 Å².